The van der Waals surface area contributed by atoms with E-state index >= 15 is 0 Å². The van der Waals surface area contributed by atoms with Crippen molar-refractivity contribution >= 4 is 5.91 Å². The summed E-state index contributed by atoms with van der Waals surface area (Å²) in [6, 6.07) is 0.757. The molecule has 0 aliphatic heterocycles. The van der Waals surface area contributed by atoms with Crippen LogP contribution in [0, 0.1) is 0 Å². The minimum Gasteiger partial charge on any atom is -0.349 e. The second-order valence-electron chi connectivity index (χ2n) is 4.32. The van der Waals surface area contributed by atoms with Crippen molar-refractivity contribution in [3.05, 3.63) is 17.5 Å². The fraction of sp³-hybridized carbons (Fsp3) is 0.667. The number of amides is 1. The van der Waals surface area contributed by atoms with Crippen molar-refractivity contribution in [1.29, 1.82) is 0 Å². The van der Waals surface area contributed by atoms with E-state index in [0.29, 0.717) is 17.8 Å². The molecule has 0 spiro atoms. The molecule has 1 rings (SSSR count). The van der Waals surface area contributed by atoms with Crippen LogP contribution in [0.25, 0.3) is 0 Å². The van der Waals surface area contributed by atoms with E-state index < -0.39 is 17.8 Å². The zero-order chi connectivity index (χ0) is 15.3. The standard InChI is InChI=1S/C12H19F3N4O/c1-4-19(5-2)7-6-16-11(20)9-8-10(12(13,14)15)18(3)17-9/h8H,4-7H2,1-3H3,(H,16,20). The van der Waals surface area contributed by atoms with E-state index in [1.165, 1.54) is 0 Å². The Kier molecular flexibility index (Phi) is 5.55. The molecule has 0 radical (unpaired) electrons. The smallest absolute Gasteiger partial charge is 0.349 e. The second kappa shape index (κ2) is 6.74. The minimum atomic E-state index is -4.51. The Morgan fingerprint density at radius 3 is 2.45 bits per heavy atom. The predicted octanol–water partition coefficient (Wildman–Crippen LogP) is 1.51. The van der Waals surface area contributed by atoms with Crippen LogP contribution in [0.2, 0.25) is 0 Å². The molecule has 1 N–H and O–H groups in total. The summed E-state index contributed by atoms with van der Waals surface area (Å²) in [7, 11) is 1.16. The fourth-order valence-electron chi connectivity index (χ4n) is 1.80. The maximum Gasteiger partial charge on any atom is 0.433 e. The predicted molar refractivity (Wildman–Crippen MR) is 68.3 cm³/mol. The lowest BCUT2D eigenvalue weighted by molar-refractivity contribution is -0.143. The second-order valence-corrected chi connectivity index (χ2v) is 4.32. The number of carbonyl (C=O) groups is 1. The third-order valence-electron chi connectivity index (χ3n) is 3.01. The molecule has 1 aromatic rings. The molecule has 0 unspecified atom stereocenters. The number of likely N-dealkylation sites (N-methyl/N-ethyl adjacent to an activating group) is 1. The molecule has 0 atom stereocenters. The van der Waals surface area contributed by atoms with Gasteiger partial charge in [-0.2, -0.15) is 18.3 Å². The topological polar surface area (TPSA) is 50.2 Å². The van der Waals surface area contributed by atoms with Gasteiger partial charge < -0.3 is 10.2 Å². The number of aryl methyl sites for hydroxylation is 1. The normalized spacial score (nSPS) is 11.9. The molecule has 20 heavy (non-hydrogen) atoms. The van der Waals surface area contributed by atoms with Gasteiger partial charge in [-0.3, -0.25) is 9.48 Å². The van der Waals surface area contributed by atoms with Gasteiger partial charge >= 0.3 is 6.18 Å². The monoisotopic (exact) mass is 292 g/mol. The van der Waals surface area contributed by atoms with Gasteiger partial charge in [-0.1, -0.05) is 13.8 Å². The van der Waals surface area contributed by atoms with E-state index in [0.717, 1.165) is 26.2 Å². The SMILES string of the molecule is CCN(CC)CCNC(=O)c1cc(C(F)(F)F)n(C)n1. The molecular formula is C12H19F3N4O. The highest BCUT2D eigenvalue weighted by Crippen LogP contribution is 2.29. The molecule has 5 nitrogen and oxygen atoms in total. The maximum absolute atomic E-state index is 12.6. The van der Waals surface area contributed by atoms with Crippen LogP contribution in [0.15, 0.2) is 6.07 Å². The average molecular weight is 292 g/mol. The molecule has 1 aromatic heterocycles. The third kappa shape index (κ3) is 4.22. The third-order valence-corrected chi connectivity index (χ3v) is 3.01. The van der Waals surface area contributed by atoms with Crippen molar-refractivity contribution < 1.29 is 18.0 Å². The number of carbonyl (C=O) groups excluding carboxylic acids is 1. The van der Waals surface area contributed by atoms with Crippen LogP contribution in [0.1, 0.15) is 30.0 Å². The Balaban J connectivity index is 2.61. The van der Waals surface area contributed by atoms with Crippen LogP contribution in [0.5, 0.6) is 0 Å². The summed E-state index contributed by atoms with van der Waals surface area (Å²) in [5.74, 6) is -0.594. The molecule has 0 aliphatic carbocycles. The summed E-state index contributed by atoms with van der Waals surface area (Å²) in [5, 5.41) is 6.15. The highest BCUT2D eigenvalue weighted by Gasteiger charge is 2.35. The molecule has 0 bridgehead atoms. The largest absolute Gasteiger partial charge is 0.433 e. The zero-order valence-electron chi connectivity index (χ0n) is 11.8. The van der Waals surface area contributed by atoms with E-state index in [1.54, 1.807) is 0 Å². The Bertz CT molecular complexity index is 452. The lowest BCUT2D eigenvalue weighted by Crippen LogP contribution is -2.35. The molecule has 0 aromatic carbocycles. The molecule has 0 saturated heterocycles. The highest BCUT2D eigenvalue weighted by molar-refractivity contribution is 5.92. The number of rotatable bonds is 6. The van der Waals surface area contributed by atoms with E-state index in [2.05, 4.69) is 15.3 Å². The summed E-state index contributed by atoms with van der Waals surface area (Å²) in [6.45, 7) is 6.73. The number of halogens is 3. The van der Waals surface area contributed by atoms with Gasteiger partial charge in [-0.15, -0.1) is 0 Å². The van der Waals surface area contributed by atoms with Gasteiger partial charge in [-0.25, -0.2) is 0 Å². The van der Waals surface area contributed by atoms with E-state index in [-0.39, 0.29) is 5.69 Å². The van der Waals surface area contributed by atoms with Crippen LogP contribution in [-0.2, 0) is 13.2 Å². The number of alkyl halides is 3. The average Bonchev–Trinajstić information content (AvgIpc) is 2.76. The van der Waals surface area contributed by atoms with Gasteiger partial charge in [0.2, 0.25) is 0 Å². The van der Waals surface area contributed by atoms with Crippen molar-refractivity contribution in [1.82, 2.24) is 20.0 Å². The molecule has 0 aliphatic rings. The summed E-state index contributed by atoms with van der Waals surface area (Å²) in [6.07, 6.45) is -4.51. The van der Waals surface area contributed by atoms with Crippen molar-refractivity contribution in [2.45, 2.75) is 20.0 Å². The first-order valence-electron chi connectivity index (χ1n) is 6.41. The zero-order valence-corrected chi connectivity index (χ0v) is 11.8. The van der Waals surface area contributed by atoms with Gasteiger partial charge in [0, 0.05) is 26.2 Å². The van der Waals surface area contributed by atoms with Gasteiger partial charge in [0.1, 0.15) is 5.69 Å². The number of nitrogens with one attached hydrogen (secondary N) is 1. The van der Waals surface area contributed by atoms with E-state index in [9.17, 15) is 18.0 Å². The van der Waals surface area contributed by atoms with Crippen molar-refractivity contribution in [3.8, 4) is 0 Å². The maximum atomic E-state index is 12.6. The Morgan fingerprint density at radius 2 is 2.00 bits per heavy atom. The molecule has 0 fully saturated rings. The Labute approximate surface area is 115 Å². The number of nitrogens with zero attached hydrogens (tertiary/aromatic N) is 3. The first-order chi connectivity index (χ1) is 9.29. The van der Waals surface area contributed by atoms with Crippen LogP contribution >= 0.6 is 0 Å². The number of aromatic nitrogens is 2. The summed E-state index contributed by atoms with van der Waals surface area (Å²) in [5.41, 5.74) is -1.16. The molecule has 0 saturated carbocycles. The van der Waals surface area contributed by atoms with Crippen LogP contribution in [-0.4, -0.2) is 46.8 Å². The molecule has 8 heteroatoms. The lowest BCUT2D eigenvalue weighted by atomic mass is 10.3. The van der Waals surface area contributed by atoms with Gasteiger partial charge in [0.25, 0.3) is 5.91 Å². The first kappa shape index (κ1) is 16.5. The van der Waals surface area contributed by atoms with E-state index in [1.807, 2.05) is 13.8 Å². The Morgan fingerprint density at radius 1 is 1.40 bits per heavy atom. The molecular weight excluding hydrogens is 273 g/mol. The minimum absolute atomic E-state index is 0.223. The highest BCUT2D eigenvalue weighted by atomic mass is 19.4. The summed E-state index contributed by atoms with van der Waals surface area (Å²) in [4.78, 5) is 13.8. The van der Waals surface area contributed by atoms with Gasteiger partial charge in [0.05, 0.1) is 0 Å². The molecule has 1 heterocycles. The van der Waals surface area contributed by atoms with E-state index in [4.69, 9.17) is 0 Å². The van der Waals surface area contributed by atoms with Crippen molar-refractivity contribution in [2.24, 2.45) is 7.05 Å². The van der Waals surface area contributed by atoms with Gasteiger partial charge in [0.15, 0.2) is 5.69 Å². The number of hydrogen-bond acceptors (Lipinski definition) is 3. The molecule has 1 amide bonds. The van der Waals surface area contributed by atoms with Crippen LogP contribution in [0.3, 0.4) is 0 Å². The first-order valence-corrected chi connectivity index (χ1v) is 6.41. The lowest BCUT2D eigenvalue weighted by Gasteiger charge is -2.17. The summed E-state index contributed by atoms with van der Waals surface area (Å²) < 4.78 is 38.4. The number of hydrogen-bond donors (Lipinski definition) is 1. The summed E-state index contributed by atoms with van der Waals surface area (Å²) >= 11 is 0. The van der Waals surface area contributed by atoms with Crippen LogP contribution < -0.4 is 5.32 Å². The quantitative estimate of drug-likeness (QED) is 0.864. The Hall–Kier alpha value is -1.57. The van der Waals surface area contributed by atoms with Crippen molar-refractivity contribution in [3.63, 3.8) is 0 Å². The van der Waals surface area contributed by atoms with Crippen LogP contribution in [0.4, 0.5) is 13.2 Å². The fourth-order valence-corrected chi connectivity index (χ4v) is 1.80. The molecule has 114 valence electrons. The van der Waals surface area contributed by atoms with Gasteiger partial charge in [-0.05, 0) is 13.1 Å². The van der Waals surface area contributed by atoms with Crippen molar-refractivity contribution in [2.75, 3.05) is 26.2 Å².